The summed E-state index contributed by atoms with van der Waals surface area (Å²) in [6, 6.07) is 12.5. The van der Waals surface area contributed by atoms with Crippen LogP contribution in [0.2, 0.25) is 0 Å². The van der Waals surface area contributed by atoms with E-state index in [0.717, 1.165) is 50.8 Å². The molecule has 8 nitrogen and oxygen atoms in total. The monoisotopic (exact) mass is 498 g/mol. The number of ether oxygens (including phenoxy) is 1. The fraction of sp³-hybridized carbons (Fsp3) is 0.379. The molecular weight excluding hydrogens is 464 g/mol. The number of nitrogens with zero attached hydrogens (tertiary/aromatic N) is 5. The van der Waals surface area contributed by atoms with E-state index in [9.17, 15) is 4.79 Å². The molecule has 5 rings (SSSR count). The lowest BCUT2D eigenvalue weighted by atomic mass is 10.1. The second kappa shape index (κ2) is 9.50. The highest BCUT2D eigenvalue weighted by Gasteiger charge is 2.26. The van der Waals surface area contributed by atoms with E-state index < -0.39 is 5.60 Å². The quantitative estimate of drug-likeness (QED) is 0.392. The number of carbonyl (C=O) groups is 1. The number of fused-ring (bicyclic) bond motifs is 1. The molecule has 0 saturated carbocycles. The molecule has 0 radical (unpaired) electrons. The van der Waals surface area contributed by atoms with E-state index in [0.29, 0.717) is 26.2 Å². The molecule has 4 aromatic heterocycles. The Morgan fingerprint density at radius 2 is 1.62 bits per heavy atom. The summed E-state index contributed by atoms with van der Waals surface area (Å²) in [7, 11) is 0. The van der Waals surface area contributed by atoms with Gasteiger partial charge in [0.05, 0.1) is 11.4 Å². The molecule has 4 aromatic rings. The van der Waals surface area contributed by atoms with Gasteiger partial charge in [0.1, 0.15) is 17.1 Å². The predicted octanol–water partition coefficient (Wildman–Crippen LogP) is 5.67. The summed E-state index contributed by atoms with van der Waals surface area (Å²) in [5, 5.41) is 1.11. The first-order chi connectivity index (χ1) is 17.6. The molecule has 1 aliphatic rings. The number of hydrogen-bond acceptors (Lipinski definition) is 6. The fourth-order valence-electron chi connectivity index (χ4n) is 4.80. The van der Waals surface area contributed by atoms with Crippen molar-refractivity contribution >= 4 is 22.9 Å². The van der Waals surface area contributed by atoms with Crippen LogP contribution in [0.5, 0.6) is 0 Å². The second-order valence-electron chi connectivity index (χ2n) is 10.7. The van der Waals surface area contributed by atoms with Crippen molar-refractivity contribution in [1.29, 1.82) is 0 Å². The molecule has 192 valence electrons. The third-order valence-corrected chi connectivity index (χ3v) is 6.59. The minimum Gasteiger partial charge on any atom is -0.444 e. The van der Waals surface area contributed by atoms with Crippen LogP contribution in [0.3, 0.4) is 0 Å². The van der Waals surface area contributed by atoms with Gasteiger partial charge in [-0.15, -0.1) is 0 Å². The van der Waals surface area contributed by atoms with Gasteiger partial charge in [0, 0.05) is 60.3 Å². The highest BCUT2D eigenvalue weighted by molar-refractivity contribution is 5.89. The van der Waals surface area contributed by atoms with E-state index in [1.807, 2.05) is 52.9 Å². The Hall–Kier alpha value is -3.94. The lowest BCUT2D eigenvalue weighted by Gasteiger charge is -2.36. The van der Waals surface area contributed by atoms with Crippen molar-refractivity contribution in [2.45, 2.75) is 47.1 Å². The van der Waals surface area contributed by atoms with E-state index in [4.69, 9.17) is 14.7 Å². The van der Waals surface area contributed by atoms with Gasteiger partial charge in [0.25, 0.3) is 0 Å². The van der Waals surface area contributed by atoms with Crippen molar-refractivity contribution in [3.8, 4) is 22.5 Å². The summed E-state index contributed by atoms with van der Waals surface area (Å²) in [6.45, 7) is 14.5. The van der Waals surface area contributed by atoms with E-state index in [-0.39, 0.29) is 6.09 Å². The molecule has 1 N–H and O–H groups in total. The number of aromatic amines is 1. The number of aromatic nitrogens is 4. The lowest BCUT2D eigenvalue weighted by Crippen LogP contribution is -2.50. The Morgan fingerprint density at radius 1 is 0.919 bits per heavy atom. The zero-order chi connectivity index (χ0) is 26.3. The summed E-state index contributed by atoms with van der Waals surface area (Å²) >= 11 is 0. The van der Waals surface area contributed by atoms with Crippen molar-refractivity contribution in [3.05, 3.63) is 59.5 Å². The molecule has 1 saturated heterocycles. The van der Waals surface area contributed by atoms with Crippen LogP contribution in [0.25, 0.3) is 33.5 Å². The van der Waals surface area contributed by atoms with Gasteiger partial charge in [0.15, 0.2) is 0 Å². The summed E-state index contributed by atoms with van der Waals surface area (Å²) in [4.78, 5) is 33.9. The molecule has 0 unspecified atom stereocenters. The van der Waals surface area contributed by atoms with Crippen LogP contribution in [0.4, 0.5) is 10.6 Å². The van der Waals surface area contributed by atoms with Gasteiger partial charge in [0.2, 0.25) is 0 Å². The number of carbonyl (C=O) groups excluding carboxylic acids is 1. The first-order valence-electron chi connectivity index (χ1n) is 12.7. The van der Waals surface area contributed by atoms with E-state index in [2.05, 4.69) is 46.1 Å². The molecule has 1 fully saturated rings. The number of amides is 1. The van der Waals surface area contributed by atoms with Crippen LogP contribution < -0.4 is 4.90 Å². The maximum Gasteiger partial charge on any atom is 0.410 e. The first-order valence-corrected chi connectivity index (χ1v) is 12.7. The average molecular weight is 499 g/mol. The smallest absolute Gasteiger partial charge is 0.410 e. The van der Waals surface area contributed by atoms with Crippen molar-refractivity contribution < 1.29 is 9.53 Å². The van der Waals surface area contributed by atoms with Crippen molar-refractivity contribution in [3.63, 3.8) is 0 Å². The van der Waals surface area contributed by atoms with Gasteiger partial charge < -0.3 is 19.5 Å². The molecule has 0 atom stereocenters. The Labute approximate surface area is 217 Å². The van der Waals surface area contributed by atoms with E-state index in [1.165, 1.54) is 5.56 Å². The SMILES string of the molecule is Cc1cc(-c2[nH]c3nc(-c4ccc(N5CCN(C(=O)OC(C)(C)C)CC5)nc4)ccc3c2C)cc(C)n1. The van der Waals surface area contributed by atoms with Crippen molar-refractivity contribution in [2.75, 3.05) is 31.1 Å². The lowest BCUT2D eigenvalue weighted by molar-refractivity contribution is 0.0240. The number of rotatable bonds is 3. The molecule has 0 spiro atoms. The number of nitrogens with one attached hydrogen (secondary N) is 1. The van der Waals surface area contributed by atoms with Crippen LogP contribution in [-0.4, -0.2) is 62.7 Å². The molecule has 0 aromatic carbocycles. The van der Waals surface area contributed by atoms with Gasteiger partial charge >= 0.3 is 6.09 Å². The maximum atomic E-state index is 12.3. The average Bonchev–Trinajstić information content (AvgIpc) is 3.18. The van der Waals surface area contributed by atoms with Gasteiger partial charge in [-0.05, 0) is 83.5 Å². The van der Waals surface area contributed by atoms with Crippen LogP contribution in [0, 0.1) is 20.8 Å². The zero-order valence-corrected chi connectivity index (χ0v) is 22.4. The Kier molecular flexibility index (Phi) is 6.35. The summed E-state index contributed by atoms with van der Waals surface area (Å²) < 4.78 is 5.50. The van der Waals surface area contributed by atoms with Crippen LogP contribution in [0.1, 0.15) is 37.7 Å². The molecule has 0 aliphatic carbocycles. The van der Waals surface area contributed by atoms with Gasteiger partial charge in [-0.25, -0.2) is 14.8 Å². The maximum absolute atomic E-state index is 12.3. The number of H-pyrrole nitrogens is 1. The van der Waals surface area contributed by atoms with Crippen LogP contribution in [-0.2, 0) is 4.74 Å². The van der Waals surface area contributed by atoms with Crippen LogP contribution in [0.15, 0.2) is 42.6 Å². The summed E-state index contributed by atoms with van der Waals surface area (Å²) in [5.74, 6) is 0.898. The molecule has 1 amide bonds. The number of pyridine rings is 3. The van der Waals surface area contributed by atoms with Gasteiger partial charge in [-0.3, -0.25) is 4.98 Å². The minimum atomic E-state index is -0.486. The summed E-state index contributed by atoms with van der Waals surface area (Å²) in [6.07, 6.45) is 1.62. The minimum absolute atomic E-state index is 0.256. The zero-order valence-electron chi connectivity index (χ0n) is 22.4. The molecular formula is C29H34N6O2. The molecule has 5 heterocycles. The number of anilines is 1. The third-order valence-electron chi connectivity index (χ3n) is 6.59. The number of aryl methyl sites for hydroxylation is 3. The normalized spacial score (nSPS) is 14.3. The predicted molar refractivity (Wildman–Crippen MR) is 147 cm³/mol. The number of hydrogen-bond donors (Lipinski definition) is 1. The first kappa shape index (κ1) is 24.7. The van der Waals surface area contributed by atoms with E-state index in [1.54, 1.807) is 4.90 Å². The third kappa shape index (κ3) is 5.28. The largest absolute Gasteiger partial charge is 0.444 e. The molecule has 1 aliphatic heterocycles. The Morgan fingerprint density at radius 3 is 2.24 bits per heavy atom. The van der Waals surface area contributed by atoms with Gasteiger partial charge in [-0.2, -0.15) is 0 Å². The standard InChI is InChI=1S/C29H34N6O2/c1-18-15-22(16-19(2)31-18)26-20(3)23-8-9-24(32-27(23)33-26)21-7-10-25(30-17-21)34-11-13-35(14-12-34)28(36)37-29(4,5)6/h7-10,15-17H,11-14H2,1-6H3,(H,32,33). The van der Waals surface area contributed by atoms with Crippen LogP contribution >= 0.6 is 0 Å². The highest BCUT2D eigenvalue weighted by Crippen LogP contribution is 2.31. The molecule has 8 heteroatoms. The summed E-state index contributed by atoms with van der Waals surface area (Å²) in [5.41, 5.74) is 7.58. The Balaban J connectivity index is 1.31. The van der Waals surface area contributed by atoms with Crippen molar-refractivity contribution in [1.82, 2.24) is 24.8 Å². The van der Waals surface area contributed by atoms with E-state index >= 15 is 0 Å². The van der Waals surface area contributed by atoms with Crippen molar-refractivity contribution in [2.24, 2.45) is 0 Å². The second-order valence-corrected chi connectivity index (χ2v) is 10.7. The fourth-order valence-corrected chi connectivity index (χ4v) is 4.80. The topological polar surface area (TPSA) is 87.2 Å². The highest BCUT2D eigenvalue weighted by atomic mass is 16.6. The molecule has 0 bridgehead atoms. The number of piperazine rings is 1. The Bertz CT molecular complexity index is 1420. The van der Waals surface area contributed by atoms with Gasteiger partial charge in [-0.1, -0.05) is 0 Å². The molecule has 37 heavy (non-hydrogen) atoms.